The van der Waals surface area contributed by atoms with Gasteiger partial charge < -0.3 is 10.6 Å². The van der Waals surface area contributed by atoms with Crippen molar-refractivity contribution < 1.29 is 9.18 Å². The number of thioether (sulfide) groups is 1. The molecule has 2 aromatic carbocycles. The third-order valence-electron chi connectivity index (χ3n) is 2.94. The number of amides is 1. The van der Waals surface area contributed by atoms with Crippen LogP contribution in [0.4, 0.5) is 15.8 Å². The van der Waals surface area contributed by atoms with Gasteiger partial charge in [-0.2, -0.15) is 0 Å². The lowest BCUT2D eigenvalue weighted by atomic mass is 10.3. The van der Waals surface area contributed by atoms with Gasteiger partial charge in [-0.1, -0.05) is 18.2 Å². The highest BCUT2D eigenvalue weighted by atomic mass is 32.2. The molecule has 0 saturated carbocycles. The molecule has 0 aliphatic rings. The van der Waals surface area contributed by atoms with Crippen LogP contribution in [0, 0.1) is 5.82 Å². The van der Waals surface area contributed by atoms with Crippen LogP contribution in [0.1, 0.15) is 6.92 Å². The van der Waals surface area contributed by atoms with Gasteiger partial charge >= 0.3 is 0 Å². The summed E-state index contributed by atoms with van der Waals surface area (Å²) in [5.41, 5.74) is 6.82. The number of halogens is 1. The molecule has 0 aliphatic heterocycles. The van der Waals surface area contributed by atoms with Crippen LogP contribution in [0.25, 0.3) is 0 Å². The average molecular weight is 304 g/mol. The van der Waals surface area contributed by atoms with Gasteiger partial charge in [0, 0.05) is 22.8 Å². The van der Waals surface area contributed by atoms with E-state index in [-0.39, 0.29) is 17.5 Å². The van der Waals surface area contributed by atoms with Crippen molar-refractivity contribution in [2.24, 2.45) is 0 Å². The first-order valence-corrected chi connectivity index (χ1v) is 7.63. The predicted molar refractivity (Wildman–Crippen MR) is 86.0 cm³/mol. The van der Waals surface area contributed by atoms with Crippen molar-refractivity contribution in [2.45, 2.75) is 11.8 Å². The SMILES string of the molecule is CCN(C(=O)CSc1cc(N)cc(F)c1)c1ccccc1. The van der Waals surface area contributed by atoms with Crippen LogP contribution in [-0.2, 0) is 4.79 Å². The quantitative estimate of drug-likeness (QED) is 0.678. The zero-order valence-corrected chi connectivity index (χ0v) is 12.6. The maximum Gasteiger partial charge on any atom is 0.237 e. The van der Waals surface area contributed by atoms with Gasteiger partial charge in [-0.25, -0.2) is 4.39 Å². The third kappa shape index (κ3) is 4.23. The lowest BCUT2D eigenvalue weighted by molar-refractivity contribution is -0.116. The molecule has 0 aromatic heterocycles. The van der Waals surface area contributed by atoms with Crippen molar-refractivity contribution in [1.29, 1.82) is 0 Å². The Morgan fingerprint density at radius 1 is 1.24 bits per heavy atom. The lowest BCUT2D eigenvalue weighted by Crippen LogP contribution is -2.32. The summed E-state index contributed by atoms with van der Waals surface area (Å²) >= 11 is 1.28. The molecule has 21 heavy (non-hydrogen) atoms. The van der Waals surface area contributed by atoms with E-state index in [1.54, 1.807) is 11.0 Å². The Bertz CT molecular complexity index is 599. The molecule has 5 heteroatoms. The topological polar surface area (TPSA) is 46.3 Å². The molecule has 0 heterocycles. The first-order chi connectivity index (χ1) is 10.1. The van der Waals surface area contributed by atoms with Gasteiger partial charge in [0.2, 0.25) is 5.91 Å². The van der Waals surface area contributed by atoms with E-state index in [1.807, 2.05) is 37.3 Å². The Hall–Kier alpha value is -2.01. The number of nitrogens with zero attached hydrogens (tertiary/aromatic N) is 1. The number of hydrogen-bond acceptors (Lipinski definition) is 3. The van der Waals surface area contributed by atoms with Gasteiger partial charge in [0.1, 0.15) is 5.82 Å². The van der Waals surface area contributed by atoms with Crippen LogP contribution >= 0.6 is 11.8 Å². The predicted octanol–water partition coefficient (Wildman–Crippen LogP) is 3.55. The van der Waals surface area contributed by atoms with Crippen LogP contribution in [0.2, 0.25) is 0 Å². The molecule has 2 rings (SSSR count). The molecule has 0 saturated heterocycles. The zero-order valence-electron chi connectivity index (χ0n) is 11.8. The Kier molecular flexibility index (Phi) is 5.22. The van der Waals surface area contributed by atoms with E-state index in [1.165, 1.54) is 23.9 Å². The second-order valence-electron chi connectivity index (χ2n) is 4.48. The van der Waals surface area contributed by atoms with Crippen molar-refractivity contribution in [2.75, 3.05) is 22.9 Å². The minimum atomic E-state index is -0.389. The number of hydrogen-bond donors (Lipinski definition) is 1. The molecular weight excluding hydrogens is 287 g/mol. The fourth-order valence-corrected chi connectivity index (χ4v) is 2.86. The summed E-state index contributed by atoms with van der Waals surface area (Å²) in [6.45, 7) is 2.52. The Labute approximate surface area is 127 Å². The van der Waals surface area contributed by atoms with Crippen LogP contribution in [0.5, 0.6) is 0 Å². The molecule has 0 radical (unpaired) electrons. The lowest BCUT2D eigenvalue weighted by Gasteiger charge is -2.20. The van der Waals surface area contributed by atoms with Crippen LogP contribution in [-0.4, -0.2) is 18.2 Å². The molecule has 0 bridgehead atoms. The summed E-state index contributed by atoms with van der Waals surface area (Å²) in [4.78, 5) is 14.7. The van der Waals surface area contributed by atoms with E-state index < -0.39 is 0 Å². The Morgan fingerprint density at radius 2 is 1.95 bits per heavy atom. The van der Waals surface area contributed by atoms with Gasteiger partial charge in [0.05, 0.1) is 5.75 Å². The Morgan fingerprint density at radius 3 is 2.57 bits per heavy atom. The molecular formula is C16H17FN2OS. The number of nitrogen functional groups attached to an aromatic ring is 1. The van der Waals surface area contributed by atoms with Gasteiger partial charge in [-0.05, 0) is 37.3 Å². The summed E-state index contributed by atoms with van der Waals surface area (Å²) in [6, 6.07) is 13.8. The highest BCUT2D eigenvalue weighted by molar-refractivity contribution is 8.00. The molecule has 2 aromatic rings. The molecule has 1 amide bonds. The molecule has 0 atom stereocenters. The van der Waals surface area contributed by atoms with Crippen molar-refractivity contribution >= 4 is 29.0 Å². The molecule has 3 nitrogen and oxygen atoms in total. The standard InChI is InChI=1S/C16H17FN2OS/c1-2-19(14-6-4-3-5-7-14)16(20)11-21-15-9-12(17)8-13(18)10-15/h3-10H,2,11,18H2,1H3. The van der Waals surface area contributed by atoms with E-state index >= 15 is 0 Å². The van der Waals surface area contributed by atoms with Crippen molar-refractivity contribution in [3.05, 3.63) is 54.3 Å². The first kappa shape index (κ1) is 15.4. The molecule has 0 unspecified atom stereocenters. The van der Waals surface area contributed by atoms with E-state index in [4.69, 9.17) is 5.73 Å². The fourth-order valence-electron chi connectivity index (χ4n) is 2.00. The number of para-hydroxylation sites is 1. The Balaban J connectivity index is 2.03. The fraction of sp³-hybridized carbons (Fsp3) is 0.188. The van der Waals surface area contributed by atoms with E-state index in [0.29, 0.717) is 17.1 Å². The number of anilines is 2. The summed E-state index contributed by atoms with van der Waals surface area (Å²) in [7, 11) is 0. The smallest absolute Gasteiger partial charge is 0.237 e. The van der Waals surface area contributed by atoms with Crippen molar-refractivity contribution in [3.63, 3.8) is 0 Å². The first-order valence-electron chi connectivity index (χ1n) is 6.64. The molecule has 0 aliphatic carbocycles. The second-order valence-corrected chi connectivity index (χ2v) is 5.53. The van der Waals surface area contributed by atoms with E-state index in [9.17, 15) is 9.18 Å². The zero-order chi connectivity index (χ0) is 15.2. The highest BCUT2D eigenvalue weighted by Gasteiger charge is 2.14. The molecule has 0 spiro atoms. The summed E-state index contributed by atoms with van der Waals surface area (Å²) in [6.07, 6.45) is 0. The number of benzene rings is 2. The normalized spacial score (nSPS) is 10.4. The molecule has 0 fully saturated rings. The van der Waals surface area contributed by atoms with Crippen molar-refractivity contribution in [3.8, 4) is 0 Å². The number of carbonyl (C=O) groups is 1. The number of nitrogens with two attached hydrogens (primary N) is 1. The molecule has 2 N–H and O–H groups in total. The van der Waals surface area contributed by atoms with Gasteiger partial charge in [-0.15, -0.1) is 11.8 Å². The number of carbonyl (C=O) groups excluding carboxylic acids is 1. The monoisotopic (exact) mass is 304 g/mol. The second kappa shape index (κ2) is 7.13. The van der Waals surface area contributed by atoms with Crippen molar-refractivity contribution in [1.82, 2.24) is 0 Å². The van der Waals surface area contributed by atoms with Crippen LogP contribution in [0.3, 0.4) is 0 Å². The van der Waals surface area contributed by atoms with Gasteiger partial charge in [-0.3, -0.25) is 4.79 Å². The van der Waals surface area contributed by atoms with Gasteiger partial charge in [0.15, 0.2) is 0 Å². The van der Waals surface area contributed by atoms with E-state index in [2.05, 4.69) is 0 Å². The van der Waals surface area contributed by atoms with E-state index in [0.717, 1.165) is 5.69 Å². The average Bonchev–Trinajstić information content (AvgIpc) is 2.46. The van der Waals surface area contributed by atoms with Crippen LogP contribution in [0.15, 0.2) is 53.4 Å². The largest absolute Gasteiger partial charge is 0.399 e. The van der Waals surface area contributed by atoms with Crippen LogP contribution < -0.4 is 10.6 Å². The highest BCUT2D eigenvalue weighted by Crippen LogP contribution is 2.23. The molecule has 110 valence electrons. The summed E-state index contributed by atoms with van der Waals surface area (Å²) in [5, 5.41) is 0. The summed E-state index contributed by atoms with van der Waals surface area (Å²) in [5.74, 6) is -0.164. The number of rotatable bonds is 5. The minimum absolute atomic E-state index is 0.0171. The maximum atomic E-state index is 13.3. The van der Waals surface area contributed by atoms with Gasteiger partial charge in [0.25, 0.3) is 0 Å². The third-order valence-corrected chi connectivity index (χ3v) is 3.90. The maximum absolute atomic E-state index is 13.3. The minimum Gasteiger partial charge on any atom is -0.399 e. The summed E-state index contributed by atoms with van der Waals surface area (Å²) < 4.78 is 13.3.